The molecule has 5 rings (SSSR count). The lowest BCUT2D eigenvalue weighted by molar-refractivity contribution is -0.132. The van der Waals surface area contributed by atoms with Gasteiger partial charge in [-0.2, -0.15) is 0 Å². The number of para-hydroxylation sites is 2. The molecule has 4 aromatic rings. The van der Waals surface area contributed by atoms with E-state index in [2.05, 4.69) is 9.97 Å². The number of halogens is 3. The number of rotatable bonds is 3. The van der Waals surface area contributed by atoms with E-state index in [9.17, 15) is 19.1 Å². The number of aromatic amines is 1. The van der Waals surface area contributed by atoms with Gasteiger partial charge in [0.25, 0.3) is 5.78 Å². The third kappa shape index (κ3) is 3.46. The number of aliphatic hydroxyl groups is 1. The molecule has 33 heavy (non-hydrogen) atoms. The molecule has 1 amide bonds. The summed E-state index contributed by atoms with van der Waals surface area (Å²) >= 11 is 12.0. The Hall–Kier alpha value is -3.68. The number of hydrogen-bond acceptors (Lipinski definition) is 4. The third-order valence-electron chi connectivity index (χ3n) is 5.44. The first-order chi connectivity index (χ1) is 15.9. The van der Waals surface area contributed by atoms with E-state index < -0.39 is 29.3 Å². The molecule has 0 bridgehead atoms. The van der Waals surface area contributed by atoms with Gasteiger partial charge in [-0.05, 0) is 36.4 Å². The van der Waals surface area contributed by atoms with Crippen molar-refractivity contribution in [1.82, 2.24) is 9.97 Å². The number of H-pyrrole nitrogens is 1. The number of hydrogen-bond donors (Lipinski definition) is 2. The average molecular weight is 482 g/mol. The predicted octanol–water partition coefficient (Wildman–Crippen LogP) is 5.64. The van der Waals surface area contributed by atoms with E-state index in [1.807, 2.05) is 0 Å². The number of carbonyl (C=O) groups excluding carboxylic acids is 2. The van der Waals surface area contributed by atoms with Crippen LogP contribution in [0.5, 0.6) is 0 Å². The first-order valence-electron chi connectivity index (χ1n) is 9.82. The van der Waals surface area contributed by atoms with Crippen LogP contribution in [-0.2, 0) is 9.59 Å². The van der Waals surface area contributed by atoms with Gasteiger partial charge in [-0.25, -0.2) is 9.37 Å². The zero-order valence-corrected chi connectivity index (χ0v) is 18.2. The Labute approximate surface area is 196 Å². The molecule has 0 radical (unpaired) electrons. The molecular weight excluding hydrogens is 468 g/mol. The fourth-order valence-corrected chi connectivity index (χ4v) is 4.19. The van der Waals surface area contributed by atoms with Crippen molar-refractivity contribution in [3.05, 3.63) is 99.3 Å². The Morgan fingerprint density at radius 1 is 1.00 bits per heavy atom. The van der Waals surface area contributed by atoms with Crippen molar-refractivity contribution in [2.75, 3.05) is 4.90 Å². The van der Waals surface area contributed by atoms with Crippen molar-refractivity contribution in [2.45, 2.75) is 6.04 Å². The lowest BCUT2D eigenvalue weighted by Gasteiger charge is -2.23. The van der Waals surface area contributed by atoms with Gasteiger partial charge in [0.05, 0.1) is 26.7 Å². The minimum atomic E-state index is -1.26. The summed E-state index contributed by atoms with van der Waals surface area (Å²) in [5, 5.41) is 11.5. The molecule has 1 aromatic heterocycles. The number of nitrogens with zero attached hydrogens (tertiary/aromatic N) is 2. The Morgan fingerprint density at radius 2 is 1.73 bits per heavy atom. The summed E-state index contributed by atoms with van der Waals surface area (Å²) in [5.74, 6) is -3.03. The standard InChI is InChI=1S/C24H14Cl2FN3O3/c25-14-10-9-12(11-15(14)26)21(31)19-20(13-5-1-2-6-16(13)27)30(23(33)22(19)32)24-28-17-7-3-4-8-18(17)29-24/h1-11,20,31H,(H,28,29)/b21-19+. The number of ketones is 1. The highest BCUT2D eigenvalue weighted by atomic mass is 35.5. The van der Waals surface area contributed by atoms with Crippen LogP contribution >= 0.6 is 23.2 Å². The van der Waals surface area contributed by atoms with Crippen LogP contribution < -0.4 is 4.90 Å². The van der Waals surface area contributed by atoms with E-state index in [1.54, 1.807) is 30.3 Å². The van der Waals surface area contributed by atoms with E-state index in [0.717, 1.165) is 4.90 Å². The monoisotopic (exact) mass is 481 g/mol. The largest absolute Gasteiger partial charge is 0.507 e. The summed E-state index contributed by atoms with van der Waals surface area (Å²) in [5.41, 5.74) is 1.09. The maximum absolute atomic E-state index is 14.9. The van der Waals surface area contributed by atoms with Crippen LogP contribution in [0.4, 0.5) is 10.3 Å². The zero-order valence-electron chi connectivity index (χ0n) is 16.7. The number of amides is 1. The van der Waals surface area contributed by atoms with Crippen LogP contribution in [0.3, 0.4) is 0 Å². The van der Waals surface area contributed by atoms with Gasteiger partial charge < -0.3 is 10.1 Å². The average Bonchev–Trinajstić information content (AvgIpc) is 3.34. The first kappa shape index (κ1) is 21.2. The van der Waals surface area contributed by atoms with Crippen LogP contribution in [0.15, 0.2) is 72.3 Å². The quantitative estimate of drug-likeness (QED) is 0.225. The van der Waals surface area contributed by atoms with Gasteiger partial charge in [0, 0.05) is 11.1 Å². The fourth-order valence-electron chi connectivity index (χ4n) is 3.89. The number of benzene rings is 3. The lowest BCUT2D eigenvalue weighted by Crippen LogP contribution is -2.30. The van der Waals surface area contributed by atoms with Gasteiger partial charge in [0.1, 0.15) is 17.6 Å². The van der Waals surface area contributed by atoms with E-state index in [1.165, 1.54) is 36.4 Å². The van der Waals surface area contributed by atoms with E-state index >= 15 is 0 Å². The van der Waals surface area contributed by atoms with Gasteiger partial charge in [0.2, 0.25) is 5.95 Å². The normalized spacial score (nSPS) is 17.8. The number of fused-ring (bicyclic) bond motifs is 1. The van der Waals surface area contributed by atoms with Crippen molar-refractivity contribution in [3.63, 3.8) is 0 Å². The molecule has 164 valence electrons. The Balaban J connectivity index is 1.76. The second-order valence-corrected chi connectivity index (χ2v) is 8.21. The Kier molecular flexibility index (Phi) is 5.15. The van der Waals surface area contributed by atoms with Crippen molar-refractivity contribution in [3.8, 4) is 0 Å². The molecule has 0 aliphatic carbocycles. The first-order valence-corrected chi connectivity index (χ1v) is 10.6. The molecule has 1 fully saturated rings. The topological polar surface area (TPSA) is 86.3 Å². The maximum atomic E-state index is 14.9. The van der Waals surface area contributed by atoms with E-state index in [0.29, 0.717) is 11.0 Å². The molecule has 2 N–H and O–H groups in total. The van der Waals surface area contributed by atoms with Crippen LogP contribution in [0.2, 0.25) is 10.0 Å². The summed E-state index contributed by atoms with van der Waals surface area (Å²) in [7, 11) is 0. The number of Topliss-reactive ketones (excluding diaryl/α,β-unsaturated/α-hetero) is 1. The van der Waals surface area contributed by atoms with Crippen LogP contribution in [0.1, 0.15) is 17.2 Å². The van der Waals surface area contributed by atoms with Crippen LogP contribution in [0.25, 0.3) is 16.8 Å². The number of aromatic nitrogens is 2. The summed E-state index contributed by atoms with van der Waals surface area (Å²) < 4.78 is 14.9. The van der Waals surface area contributed by atoms with Crippen molar-refractivity contribution < 1.29 is 19.1 Å². The minimum Gasteiger partial charge on any atom is -0.507 e. The molecule has 9 heteroatoms. The number of carbonyl (C=O) groups is 2. The van der Waals surface area contributed by atoms with Gasteiger partial charge in [-0.1, -0.05) is 53.5 Å². The Bertz CT molecular complexity index is 1450. The smallest absolute Gasteiger partial charge is 0.302 e. The molecule has 3 aromatic carbocycles. The zero-order chi connectivity index (χ0) is 23.3. The van der Waals surface area contributed by atoms with Crippen LogP contribution in [-0.4, -0.2) is 26.8 Å². The SMILES string of the molecule is O=C1C(=O)N(c2nc3ccccc3[nH]2)C(c2ccccc2F)/C1=C(\O)c1ccc(Cl)c(Cl)c1. The summed E-state index contributed by atoms with van der Waals surface area (Å²) in [6.07, 6.45) is 0. The minimum absolute atomic E-state index is 0.0266. The van der Waals surface area contributed by atoms with E-state index in [4.69, 9.17) is 23.2 Å². The van der Waals surface area contributed by atoms with Crippen molar-refractivity contribution in [1.29, 1.82) is 0 Å². The third-order valence-corrected chi connectivity index (χ3v) is 6.18. The molecule has 2 heterocycles. The number of anilines is 1. The highest BCUT2D eigenvalue weighted by Crippen LogP contribution is 2.42. The second kappa shape index (κ2) is 8.03. The molecule has 6 nitrogen and oxygen atoms in total. The van der Waals surface area contributed by atoms with E-state index in [-0.39, 0.29) is 32.7 Å². The van der Waals surface area contributed by atoms with Gasteiger partial charge in [0.15, 0.2) is 0 Å². The van der Waals surface area contributed by atoms with Crippen molar-refractivity contribution >= 4 is 57.6 Å². The van der Waals surface area contributed by atoms with Gasteiger partial charge >= 0.3 is 5.91 Å². The van der Waals surface area contributed by atoms with Gasteiger partial charge in [-0.3, -0.25) is 14.5 Å². The molecule has 1 aliphatic rings. The lowest BCUT2D eigenvalue weighted by atomic mass is 9.95. The molecule has 1 unspecified atom stereocenters. The van der Waals surface area contributed by atoms with Crippen molar-refractivity contribution in [2.24, 2.45) is 0 Å². The highest BCUT2D eigenvalue weighted by molar-refractivity contribution is 6.51. The number of nitrogens with one attached hydrogen (secondary N) is 1. The fraction of sp³-hybridized carbons (Fsp3) is 0.0417. The second-order valence-electron chi connectivity index (χ2n) is 7.40. The highest BCUT2D eigenvalue weighted by Gasteiger charge is 2.49. The summed E-state index contributed by atoms with van der Waals surface area (Å²) in [4.78, 5) is 34.7. The van der Waals surface area contributed by atoms with Gasteiger partial charge in [-0.15, -0.1) is 0 Å². The summed E-state index contributed by atoms with van der Waals surface area (Å²) in [6.45, 7) is 0. The molecule has 1 atom stereocenters. The Morgan fingerprint density at radius 3 is 2.45 bits per heavy atom. The molecule has 1 aliphatic heterocycles. The molecule has 1 saturated heterocycles. The molecular formula is C24H14Cl2FN3O3. The molecule has 0 spiro atoms. The number of aliphatic hydroxyl groups excluding tert-OH is 1. The number of imidazole rings is 1. The van der Waals surface area contributed by atoms with Crippen LogP contribution in [0, 0.1) is 5.82 Å². The molecule has 0 saturated carbocycles. The summed E-state index contributed by atoms with van der Waals surface area (Å²) in [6, 6.07) is 15.8. The maximum Gasteiger partial charge on any atom is 0.302 e. The predicted molar refractivity (Wildman–Crippen MR) is 124 cm³/mol.